The minimum atomic E-state index is 0.496. The van der Waals surface area contributed by atoms with Gasteiger partial charge in [0, 0.05) is 10.9 Å². The van der Waals surface area contributed by atoms with Crippen LogP contribution < -0.4 is 0 Å². The van der Waals surface area contributed by atoms with Crippen molar-refractivity contribution in [1.29, 1.82) is 0 Å². The maximum absolute atomic E-state index is 5.93. The molecule has 2 rings (SSSR count). The second-order valence-corrected chi connectivity index (χ2v) is 4.66. The second kappa shape index (κ2) is 4.78. The van der Waals surface area contributed by atoms with Crippen molar-refractivity contribution in [2.75, 3.05) is 0 Å². The molecule has 84 valence electrons. The predicted octanol–water partition coefficient (Wildman–Crippen LogP) is 4.85. The van der Waals surface area contributed by atoms with Gasteiger partial charge in [0.1, 0.15) is 5.76 Å². The molecule has 0 aliphatic heterocycles. The number of benzene rings is 1. The van der Waals surface area contributed by atoms with E-state index in [1.54, 1.807) is 12.1 Å². The third-order valence-electron chi connectivity index (χ3n) is 2.19. The van der Waals surface area contributed by atoms with Gasteiger partial charge in [0.2, 0.25) is 5.89 Å². The van der Waals surface area contributed by atoms with Crippen molar-refractivity contribution >= 4 is 39.1 Å². The summed E-state index contributed by atoms with van der Waals surface area (Å²) in [6, 6.07) is 5.30. The molecule has 0 N–H and O–H groups in total. The van der Waals surface area contributed by atoms with Gasteiger partial charge >= 0.3 is 0 Å². The number of halogens is 3. The average Bonchev–Trinajstić information content (AvgIpc) is 2.64. The Morgan fingerprint density at radius 3 is 2.62 bits per heavy atom. The highest BCUT2D eigenvalue weighted by Crippen LogP contribution is 2.29. The van der Waals surface area contributed by atoms with Crippen molar-refractivity contribution in [1.82, 2.24) is 4.98 Å². The summed E-state index contributed by atoms with van der Waals surface area (Å²) in [5.74, 6) is 1.36. The van der Waals surface area contributed by atoms with E-state index in [1.165, 1.54) is 0 Å². The minimum absolute atomic E-state index is 0.496. The Morgan fingerprint density at radius 2 is 2.06 bits per heavy atom. The van der Waals surface area contributed by atoms with Gasteiger partial charge in [0.25, 0.3) is 0 Å². The van der Waals surface area contributed by atoms with Crippen LogP contribution in [0.5, 0.6) is 0 Å². The first kappa shape index (κ1) is 12.0. The zero-order valence-corrected chi connectivity index (χ0v) is 11.5. The van der Waals surface area contributed by atoms with Crippen LogP contribution in [0.2, 0.25) is 10.0 Å². The van der Waals surface area contributed by atoms with E-state index in [4.69, 9.17) is 27.6 Å². The van der Waals surface area contributed by atoms with Gasteiger partial charge in [-0.2, -0.15) is 0 Å². The van der Waals surface area contributed by atoms with E-state index in [1.807, 2.05) is 13.0 Å². The molecule has 1 heterocycles. The van der Waals surface area contributed by atoms with Gasteiger partial charge in [-0.15, -0.1) is 0 Å². The Morgan fingerprint density at radius 1 is 1.31 bits per heavy atom. The molecule has 0 fully saturated rings. The third kappa shape index (κ3) is 2.26. The van der Waals surface area contributed by atoms with Crippen molar-refractivity contribution in [3.63, 3.8) is 0 Å². The molecule has 5 heteroatoms. The fraction of sp³-hybridized carbons (Fsp3) is 0.182. The van der Waals surface area contributed by atoms with E-state index >= 15 is 0 Å². The van der Waals surface area contributed by atoms with Crippen molar-refractivity contribution in [2.45, 2.75) is 12.3 Å². The summed E-state index contributed by atoms with van der Waals surface area (Å²) < 4.78 is 5.54. The number of oxazole rings is 1. The van der Waals surface area contributed by atoms with Crippen molar-refractivity contribution in [2.24, 2.45) is 0 Å². The molecule has 0 aliphatic rings. The molecule has 0 aliphatic carbocycles. The zero-order valence-electron chi connectivity index (χ0n) is 8.43. The van der Waals surface area contributed by atoms with Crippen LogP contribution in [0.25, 0.3) is 11.5 Å². The minimum Gasteiger partial charge on any atom is -0.441 e. The first-order valence-corrected chi connectivity index (χ1v) is 6.47. The number of aromatic nitrogens is 1. The fourth-order valence-electron chi connectivity index (χ4n) is 1.30. The van der Waals surface area contributed by atoms with Crippen LogP contribution in [-0.4, -0.2) is 4.98 Å². The molecule has 0 unspecified atom stereocenters. The molecule has 2 aromatic rings. The van der Waals surface area contributed by atoms with E-state index in [9.17, 15) is 0 Å². The van der Waals surface area contributed by atoms with E-state index < -0.39 is 0 Å². The molecular weight excluding hydrogens is 313 g/mol. The summed E-state index contributed by atoms with van der Waals surface area (Å²) in [6.45, 7) is 1.88. The summed E-state index contributed by atoms with van der Waals surface area (Å²) in [5, 5.41) is 1.69. The Balaban J connectivity index is 2.46. The van der Waals surface area contributed by atoms with E-state index in [2.05, 4.69) is 20.9 Å². The fourth-order valence-corrected chi connectivity index (χ4v) is 2.12. The Kier molecular flexibility index (Phi) is 3.57. The monoisotopic (exact) mass is 319 g/mol. The number of hydrogen-bond donors (Lipinski definition) is 0. The lowest BCUT2D eigenvalue weighted by atomic mass is 10.2. The van der Waals surface area contributed by atoms with Crippen LogP contribution in [0, 0.1) is 6.92 Å². The van der Waals surface area contributed by atoms with Gasteiger partial charge in [0.15, 0.2) is 0 Å². The van der Waals surface area contributed by atoms with Crippen LogP contribution in [0.1, 0.15) is 11.5 Å². The van der Waals surface area contributed by atoms with Crippen molar-refractivity contribution in [3.05, 3.63) is 39.7 Å². The lowest BCUT2D eigenvalue weighted by Gasteiger charge is -1.98. The van der Waals surface area contributed by atoms with Crippen LogP contribution in [0.4, 0.5) is 0 Å². The Labute approximate surface area is 112 Å². The van der Waals surface area contributed by atoms with Crippen molar-refractivity contribution < 1.29 is 4.42 Å². The van der Waals surface area contributed by atoms with Gasteiger partial charge in [0.05, 0.1) is 15.7 Å². The first-order chi connectivity index (χ1) is 7.61. The molecular formula is C11H8BrCl2NO. The largest absolute Gasteiger partial charge is 0.441 e. The van der Waals surface area contributed by atoms with E-state index in [0.29, 0.717) is 21.3 Å². The molecule has 1 aromatic carbocycles. The highest BCUT2D eigenvalue weighted by molar-refractivity contribution is 9.08. The number of alkyl halides is 1. The standard InChI is InChI=1S/C11H8BrCl2NO/c1-6-10(5-12)15-11(16-6)7-2-3-8(13)9(14)4-7/h2-4H,5H2,1H3. The molecule has 0 saturated heterocycles. The molecule has 0 saturated carbocycles. The quantitative estimate of drug-likeness (QED) is 0.739. The first-order valence-electron chi connectivity index (χ1n) is 4.59. The van der Waals surface area contributed by atoms with Gasteiger partial charge in [-0.05, 0) is 25.1 Å². The highest BCUT2D eigenvalue weighted by Gasteiger charge is 2.11. The van der Waals surface area contributed by atoms with Gasteiger partial charge in [-0.3, -0.25) is 0 Å². The lowest BCUT2D eigenvalue weighted by Crippen LogP contribution is -1.81. The second-order valence-electron chi connectivity index (χ2n) is 3.28. The zero-order chi connectivity index (χ0) is 11.7. The van der Waals surface area contributed by atoms with Crippen LogP contribution in [-0.2, 0) is 5.33 Å². The van der Waals surface area contributed by atoms with E-state index in [0.717, 1.165) is 17.0 Å². The normalized spacial score (nSPS) is 10.8. The predicted molar refractivity (Wildman–Crippen MR) is 69.3 cm³/mol. The van der Waals surface area contributed by atoms with Gasteiger partial charge in [-0.1, -0.05) is 39.1 Å². The van der Waals surface area contributed by atoms with E-state index in [-0.39, 0.29) is 0 Å². The molecule has 16 heavy (non-hydrogen) atoms. The van der Waals surface area contributed by atoms with Crippen LogP contribution >= 0.6 is 39.1 Å². The van der Waals surface area contributed by atoms with Crippen LogP contribution in [0.3, 0.4) is 0 Å². The molecule has 0 bridgehead atoms. The molecule has 0 atom stereocenters. The molecule has 0 spiro atoms. The smallest absolute Gasteiger partial charge is 0.226 e. The SMILES string of the molecule is Cc1oc(-c2ccc(Cl)c(Cl)c2)nc1CBr. The molecule has 2 nitrogen and oxygen atoms in total. The average molecular weight is 321 g/mol. The number of nitrogens with zero attached hydrogens (tertiary/aromatic N) is 1. The Bertz CT molecular complexity index is 525. The van der Waals surface area contributed by atoms with Crippen LogP contribution in [0.15, 0.2) is 22.6 Å². The lowest BCUT2D eigenvalue weighted by molar-refractivity contribution is 0.540. The summed E-state index contributed by atoms with van der Waals surface area (Å²) in [6.07, 6.45) is 0. The highest BCUT2D eigenvalue weighted by atomic mass is 79.9. The number of rotatable bonds is 2. The van der Waals surface area contributed by atoms with Gasteiger partial charge in [-0.25, -0.2) is 4.98 Å². The number of aryl methyl sites for hydroxylation is 1. The summed E-state index contributed by atoms with van der Waals surface area (Å²) >= 11 is 15.1. The van der Waals surface area contributed by atoms with Gasteiger partial charge < -0.3 is 4.42 Å². The van der Waals surface area contributed by atoms with Crippen molar-refractivity contribution in [3.8, 4) is 11.5 Å². The molecule has 1 aromatic heterocycles. The maximum atomic E-state index is 5.93. The Hall–Kier alpha value is -0.510. The summed E-state index contributed by atoms with van der Waals surface area (Å²) in [5.41, 5.74) is 1.71. The topological polar surface area (TPSA) is 26.0 Å². The molecule has 0 radical (unpaired) electrons. The molecule has 0 amide bonds. The summed E-state index contributed by atoms with van der Waals surface area (Å²) in [7, 11) is 0. The maximum Gasteiger partial charge on any atom is 0.226 e. The summed E-state index contributed by atoms with van der Waals surface area (Å²) in [4.78, 5) is 4.35. The third-order valence-corrected chi connectivity index (χ3v) is 3.46. The number of hydrogen-bond acceptors (Lipinski definition) is 2.